The molecule has 0 saturated carbocycles. The number of carbonyl (C=O) groups excluding carboxylic acids is 3. The largest absolute Gasteiger partial charge is 0.444 e. The van der Waals surface area contributed by atoms with E-state index in [4.69, 9.17) is 11.2 Å². The first kappa shape index (κ1) is 19.8. The van der Waals surface area contributed by atoms with E-state index in [1.807, 2.05) is 0 Å². The molecule has 0 bridgehead atoms. The highest BCUT2D eigenvalue weighted by Gasteiger charge is 2.34. The first-order valence-electron chi connectivity index (χ1n) is 8.22. The average molecular weight is 337 g/mol. The fourth-order valence-corrected chi connectivity index (χ4v) is 2.40. The second-order valence-corrected chi connectivity index (χ2v) is 6.71. The highest BCUT2D eigenvalue weighted by atomic mass is 16.6. The van der Waals surface area contributed by atoms with Crippen molar-refractivity contribution in [2.24, 2.45) is 0 Å². The molecule has 24 heavy (non-hydrogen) atoms. The van der Waals surface area contributed by atoms with Crippen LogP contribution in [0, 0.1) is 12.3 Å². The molecule has 2 N–H and O–H groups in total. The molecular weight excluding hydrogens is 310 g/mol. The summed E-state index contributed by atoms with van der Waals surface area (Å²) in [7, 11) is 0. The van der Waals surface area contributed by atoms with Gasteiger partial charge in [-0.2, -0.15) is 0 Å². The van der Waals surface area contributed by atoms with E-state index in [1.165, 1.54) is 4.90 Å². The first-order chi connectivity index (χ1) is 11.2. The Morgan fingerprint density at radius 3 is 2.58 bits per heavy atom. The van der Waals surface area contributed by atoms with Crippen LogP contribution in [-0.4, -0.2) is 54.1 Å². The molecule has 0 unspecified atom stereocenters. The van der Waals surface area contributed by atoms with Crippen LogP contribution in [0.1, 0.15) is 46.5 Å². The van der Waals surface area contributed by atoms with E-state index in [0.29, 0.717) is 13.0 Å². The molecule has 0 aromatic heterocycles. The molecule has 1 aliphatic heterocycles. The van der Waals surface area contributed by atoms with Crippen LogP contribution in [0.4, 0.5) is 4.79 Å². The predicted octanol–water partition coefficient (Wildman–Crippen LogP) is 1.03. The van der Waals surface area contributed by atoms with Crippen molar-refractivity contribution in [3.63, 3.8) is 0 Å². The summed E-state index contributed by atoms with van der Waals surface area (Å²) >= 11 is 0. The van der Waals surface area contributed by atoms with Crippen LogP contribution >= 0.6 is 0 Å². The number of likely N-dealkylation sites (tertiary alicyclic amines) is 1. The summed E-state index contributed by atoms with van der Waals surface area (Å²) in [6, 6.07) is -0.553. The number of hydrogen-bond acceptors (Lipinski definition) is 4. The van der Waals surface area contributed by atoms with Crippen LogP contribution in [0.2, 0.25) is 0 Å². The molecule has 1 aliphatic rings. The van der Waals surface area contributed by atoms with E-state index in [0.717, 1.165) is 12.8 Å². The van der Waals surface area contributed by atoms with E-state index >= 15 is 0 Å². The minimum Gasteiger partial charge on any atom is -0.444 e. The van der Waals surface area contributed by atoms with Gasteiger partial charge in [-0.15, -0.1) is 6.42 Å². The topological polar surface area (TPSA) is 87.7 Å². The maximum absolute atomic E-state index is 12.3. The predicted molar refractivity (Wildman–Crippen MR) is 90.0 cm³/mol. The molecule has 0 spiro atoms. The standard InChI is InChI=1S/C17H27N3O4/c1-5-10-18-14(21)9-11-19-15(22)13-8-6-7-12-20(13)16(23)24-17(2,3)4/h1,13H,6-12H2,2-4H3,(H,18,21)(H,19,22)/t13-/m1/s1. The minimum absolute atomic E-state index is 0.145. The van der Waals surface area contributed by atoms with Gasteiger partial charge in [0.15, 0.2) is 0 Å². The Labute approximate surface area is 143 Å². The van der Waals surface area contributed by atoms with Crippen LogP contribution in [-0.2, 0) is 14.3 Å². The molecule has 0 aromatic rings. The summed E-state index contributed by atoms with van der Waals surface area (Å²) in [5, 5.41) is 5.23. The number of amides is 3. The Hall–Kier alpha value is -2.23. The molecule has 0 radical (unpaired) electrons. The van der Waals surface area contributed by atoms with Gasteiger partial charge in [0.1, 0.15) is 11.6 Å². The van der Waals surface area contributed by atoms with Gasteiger partial charge in [-0.25, -0.2) is 4.79 Å². The number of rotatable bonds is 5. The van der Waals surface area contributed by atoms with Crippen molar-refractivity contribution < 1.29 is 19.1 Å². The van der Waals surface area contributed by atoms with Crippen molar-refractivity contribution in [1.29, 1.82) is 0 Å². The van der Waals surface area contributed by atoms with Gasteiger partial charge in [0.25, 0.3) is 0 Å². The summed E-state index contributed by atoms with van der Waals surface area (Å²) in [4.78, 5) is 37.5. The second kappa shape index (κ2) is 9.16. The molecule has 7 nitrogen and oxygen atoms in total. The zero-order chi connectivity index (χ0) is 18.2. The van der Waals surface area contributed by atoms with Crippen molar-refractivity contribution >= 4 is 17.9 Å². The zero-order valence-corrected chi connectivity index (χ0v) is 14.7. The summed E-state index contributed by atoms with van der Waals surface area (Å²) in [5.41, 5.74) is -0.606. The third-order valence-corrected chi connectivity index (χ3v) is 3.47. The highest BCUT2D eigenvalue weighted by Crippen LogP contribution is 2.20. The average Bonchev–Trinajstić information content (AvgIpc) is 2.51. The lowest BCUT2D eigenvalue weighted by Gasteiger charge is -2.35. The van der Waals surface area contributed by atoms with Crippen molar-refractivity contribution in [2.45, 2.75) is 58.1 Å². The third-order valence-electron chi connectivity index (χ3n) is 3.47. The van der Waals surface area contributed by atoms with Crippen LogP contribution in [0.15, 0.2) is 0 Å². The summed E-state index contributed by atoms with van der Waals surface area (Å²) in [5.74, 6) is 1.83. The number of ether oxygens (including phenoxy) is 1. The first-order valence-corrected chi connectivity index (χ1v) is 8.22. The van der Waals surface area contributed by atoms with Gasteiger partial charge >= 0.3 is 6.09 Å². The van der Waals surface area contributed by atoms with E-state index in [1.54, 1.807) is 20.8 Å². The van der Waals surface area contributed by atoms with Gasteiger partial charge in [-0.3, -0.25) is 14.5 Å². The molecule has 1 saturated heterocycles. The lowest BCUT2D eigenvalue weighted by Crippen LogP contribution is -2.53. The molecule has 0 aromatic carbocycles. The van der Waals surface area contributed by atoms with Crippen LogP contribution in [0.5, 0.6) is 0 Å². The molecule has 1 atom stereocenters. The van der Waals surface area contributed by atoms with Crippen LogP contribution in [0.25, 0.3) is 0 Å². The lowest BCUT2D eigenvalue weighted by molar-refractivity contribution is -0.127. The summed E-state index contributed by atoms with van der Waals surface area (Å²) in [6.07, 6.45) is 7.03. The highest BCUT2D eigenvalue weighted by molar-refractivity contribution is 5.86. The Bertz CT molecular complexity index is 505. The lowest BCUT2D eigenvalue weighted by atomic mass is 10.0. The van der Waals surface area contributed by atoms with E-state index in [9.17, 15) is 14.4 Å². The smallest absolute Gasteiger partial charge is 0.410 e. The SMILES string of the molecule is C#CCNC(=O)CCNC(=O)[C@H]1CCCCN1C(=O)OC(C)(C)C. The van der Waals surface area contributed by atoms with Crippen molar-refractivity contribution in [2.75, 3.05) is 19.6 Å². The quantitative estimate of drug-likeness (QED) is 0.734. The monoisotopic (exact) mass is 337 g/mol. The summed E-state index contributed by atoms with van der Waals surface area (Å²) in [6.45, 7) is 6.24. The van der Waals surface area contributed by atoms with Gasteiger partial charge in [0, 0.05) is 19.5 Å². The fraction of sp³-hybridized carbons (Fsp3) is 0.706. The molecule has 1 heterocycles. The molecule has 134 valence electrons. The van der Waals surface area contributed by atoms with Gasteiger partial charge in [0.2, 0.25) is 11.8 Å². The number of terminal acetylenes is 1. The number of nitrogens with zero attached hydrogens (tertiary/aromatic N) is 1. The zero-order valence-electron chi connectivity index (χ0n) is 14.7. The van der Waals surface area contributed by atoms with E-state index < -0.39 is 17.7 Å². The van der Waals surface area contributed by atoms with Crippen molar-refractivity contribution in [3.05, 3.63) is 0 Å². The molecule has 0 aliphatic carbocycles. The minimum atomic E-state index is -0.606. The maximum Gasteiger partial charge on any atom is 0.410 e. The van der Waals surface area contributed by atoms with Crippen molar-refractivity contribution in [3.8, 4) is 12.3 Å². The van der Waals surface area contributed by atoms with Gasteiger partial charge in [-0.05, 0) is 40.0 Å². The maximum atomic E-state index is 12.3. The number of carbonyl (C=O) groups is 3. The fourth-order valence-electron chi connectivity index (χ4n) is 2.40. The molecule has 1 fully saturated rings. The third kappa shape index (κ3) is 6.90. The molecular formula is C17H27N3O4. The van der Waals surface area contributed by atoms with E-state index in [2.05, 4.69) is 16.6 Å². The van der Waals surface area contributed by atoms with Gasteiger partial charge in [-0.1, -0.05) is 5.92 Å². The Morgan fingerprint density at radius 1 is 1.25 bits per heavy atom. The molecule has 1 rings (SSSR count). The number of piperidine rings is 1. The van der Waals surface area contributed by atoms with Crippen LogP contribution in [0.3, 0.4) is 0 Å². The second-order valence-electron chi connectivity index (χ2n) is 6.71. The summed E-state index contributed by atoms with van der Waals surface area (Å²) < 4.78 is 5.37. The molecule has 3 amide bonds. The Balaban J connectivity index is 2.52. The Morgan fingerprint density at radius 2 is 1.96 bits per heavy atom. The number of hydrogen-bond donors (Lipinski definition) is 2. The number of nitrogens with one attached hydrogen (secondary N) is 2. The van der Waals surface area contributed by atoms with E-state index in [-0.39, 0.29) is 31.3 Å². The van der Waals surface area contributed by atoms with Gasteiger partial charge in [0.05, 0.1) is 6.54 Å². The normalized spacial score (nSPS) is 17.6. The molecule has 7 heteroatoms. The Kier molecular flexibility index (Phi) is 7.56. The van der Waals surface area contributed by atoms with Crippen molar-refractivity contribution in [1.82, 2.24) is 15.5 Å². The van der Waals surface area contributed by atoms with Gasteiger partial charge < -0.3 is 15.4 Å². The van der Waals surface area contributed by atoms with Crippen LogP contribution < -0.4 is 10.6 Å².